The van der Waals surface area contributed by atoms with Gasteiger partial charge >= 0.3 is 0 Å². The van der Waals surface area contributed by atoms with Crippen LogP contribution in [-0.4, -0.2) is 14.2 Å². The van der Waals surface area contributed by atoms with Crippen LogP contribution in [0.3, 0.4) is 0 Å². The highest BCUT2D eigenvalue weighted by Crippen LogP contribution is 2.38. The van der Waals surface area contributed by atoms with Crippen LogP contribution in [0.2, 0.25) is 0 Å². The monoisotopic (exact) mass is 393 g/mol. The predicted molar refractivity (Wildman–Crippen MR) is 113 cm³/mol. The number of hydrogen-bond donors (Lipinski definition) is 0. The number of aromatic nitrogens is 2. The van der Waals surface area contributed by atoms with Crippen molar-refractivity contribution in [3.8, 4) is 21.7 Å². The van der Waals surface area contributed by atoms with E-state index < -0.39 is 9.73 Å². The maximum Gasteiger partial charge on any atom is 0.162 e. The van der Waals surface area contributed by atoms with Crippen molar-refractivity contribution < 1.29 is 4.21 Å². The molecule has 0 N–H and O–H groups in total. The fourth-order valence-corrected chi connectivity index (χ4v) is 5.14. The van der Waals surface area contributed by atoms with Gasteiger partial charge in [-0.15, -0.1) is 11.3 Å². The zero-order chi connectivity index (χ0) is 18.9. The molecule has 3 aromatic rings. The third-order valence-corrected chi connectivity index (χ3v) is 6.98. The van der Waals surface area contributed by atoms with E-state index in [2.05, 4.69) is 47.5 Å². The Labute approximate surface area is 163 Å². The Morgan fingerprint density at radius 2 is 1.93 bits per heavy atom. The van der Waals surface area contributed by atoms with E-state index in [1.165, 1.54) is 5.56 Å². The van der Waals surface area contributed by atoms with Crippen molar-refractivity contribution in [3.05, 3.63) is 76.1 Å². The van der Waals surface area contributed by atoms with Crippen LogP contribution in [0.15, 0.2) is 69.9 Å². The molecular formula is C21H19N3OS2. The van der Waals surface area contributed by atoms with Gasteiger partial charge in [0.05, 0.1) is 25.3 Å². The topological polar surface area (TPSA) is 55.2 Å². The highest BCUT2D eigenvalue weighted by atomic mass is 32.2. The lowest BCUT2D eigenvalue weighted by atomic mass is 10.1. The normalized spacial score (nSPS) is 14.6. The smallest absolute Gasteiger partial charge is 0.162 e. The number of pyridine rings is 1. The van der Waals surface area contributed by atoms with E-state index in [1.54, 1.807) is 40.5 Å². The lowest BCUT2D eigenvalue weighted by Crippen LogP contribution is -1.87. The standard InChI is InChI=1S/C21H19N3OS2/c1-3-19-23-20(16-8-6-7-15(2)13-16)21(26-19)17-9-10-22-18(14-17)24-27(25)11-4-5-12-27/h4-14H,3H2,1-2H3. The highest BCUT2D eigenvalue weighted by molar-refractivity contribution is 7.99. The number of aryl methyl sites for hydroxylation is 2. The van der Waals surface area contributed by atoms with Crippen molar-refractivity contribution in [2.75, 3.05) is 0 Å². The fourth-order valence-electron chi connectivity index (χ4n) is 2.88. The minimum absolute atomic E-state index is 0.468. The summed E-state index contributed by atoms with van der Waals surface area (Å²) in [6.45, 7) is 4.19. The van der Waals surface area contributed by atoms with Gasteiger partial charge in [-0.25, -0.2) is 14.2 Å². The molecule has 1 aliphatic heterocycles. The minimum Gasteiger partial charge on any atom is -0.241 e. The van der Waals surface area contributed by atoms with Crippen LogP contribution in [0.1, 0.15) is 17.5 Å². The van der Waals surface area contributed by atoms with Gasteiger partial charge in [0.1, 0.15) is 0 Å². The van der Waals surface area contributed by atoms with E-state index in [0.29, 0.717) is 5.82 Å². The number of benzene rings is 1. The Bertz CT molecular complexity index is 1160. The van der Waals surface area contributed by atoms with E-state index in [1.807, 2.05) is 12.1 Å². The zero-order valence-corrected chi connectivity index (χ0v) is 16.8. The van der Waals surface area contributed by atoms with Crippen LogP contribution in [0, 0.1) is 6.92 Å². The Kier molecular flexibility index (Phi) is 4.76. The quantitative estimate of drug-likeness (QED) is 0.556. The van der Waals surface area contributed by atoms with Gasteiger partial charge in [-0.1, -0.05) is 42.8 Å². The molecule has 0 amide bonds. The molecule has 1 aromatic carbocycles. The molecule has 0 radical (unpaired) electrons. The van der Waals surface area contributed by atoms with Crippen LogP contribution in [0.25, 0.3) is 21.7 Å². The molecule has 1 aliphatic rings. The summed E-state index contributed by atoms with van der Waals surface area (Å²) in [6, 6.07) is 12.2. The maximum atomic E-state index is 12.6. The third kappa shape index (κ3) is 3.77. The fraction of sp³-hybridized carbons (Fsp3) is 0.143. The molecular weight excluding hydrogens is 374 g/mol. The Morgan fingerprint density at radius 3 is 2.67 bits per heavy atom. The highest BCUT2D eigenvalue weighted by Gasteiger charge is 2.15. The third-order valence-electron chi connectivity index (χ3n) is 4.17. The van der Waals surface area contributed by atoms with Gasteiger partial charge in [-0.05, 0) is 37.1 Å². The van der Waals surface area contributed by atoms with E-state index in [0.717, 1.165) is 33.1 Å². The summed E-state index contributed by atoms with van der Waals surface area (Å²) in [5.74, 6) is 0.468. The van der Waals surface area contributed by atoms with Crippen molar-refractivity contribution in [2.45, 2.75) is 20.3 Å². The zero-order valence-electron chi connectivity index (χ0n) is 15.1. The molecule has 0 atom stereocenters. The number of nitrogens with zero attached hydrogens (tertiary/aromatic N) is 3. The first-order valence-electron chi connectivity index (χ1n) is 8.71. The average Bonchev–Trinajstić information content (AvgIpc) is 3.28. The van der Waals surface area contributed by atoms with Gasteiger partial charge in [0.15, 0.2) is 5.82 Å². The number of hydrogen-bond acceptors (Lipinski definition) is 5. The Morgan fingerprint density at radius 1 is 1.11 bits per heavy atom. The van der Waals surface area contributed by atoms with Gasteiger partial charge < -0.3 is 0 Å². The van der Waals surface area contributed by atoms with E-state index in [9.17, 15) is 4.21 Å². The summed E-state index contributed by atoms with van der Waals surface area (Å²) in [7, 11) is -2.48. The van der Waals surface area contributed by atoms with E-state index >= 15 is 0 Å². The van der Waals surface area contributed by atoms with Gasteiger partial charge in [0.2, 0.25) is 0 Å². The van der Waals surface area contributed by atoms with Crippen molar-refractivity contribution >= 4 is 26.9 Å². The van der Waals surface area contributed by atoms with E-state index in [4.69, 9.17) is 4.98 Å². The summed E-state index contributed by atoms with van der Waals surface area (Å²) >= 11 is 1.68. The first kappa shape index (κ1) is 17.8. The van der Waals surface area contributed by atoms with E-state index in [-0.39, 0.29) is 0 Å². The summed E-state index contributed by atoms with van der Waals surface area (Å²) in [6.07, 6.45) is 6.10. The molecule has 4 nitrogen and oxygen atoms in total. The second-order valence-corrected chi connectivity index (χ2v) is 9.31. The lowest BCUT2D eigenvalue weighted by Gasteiger charge is -2.05. The van der Waals surface area contributed by atoms with Crippen molar-refractivity contribution in [3.63, 3.8) is 0 Å². The summed E-state index contributed by atoms with van der Waals surface area (Å²) in [5, 5.41) is 4.31. The molecule has 0 spiro atoms. The van der Waals surface area contributed by atoms with Gasteiger partial charge in [-0.2, -0.15) is 4.36 Å². The lowest BCUT2D eigenvalue weighted by molar-refractivity contribution is 0.688. The Balaban J connectivity index is 1.84. The van der Waals surface area contributed by atoms with Crippen molar-refractivity contribution in [2.24, 2.45) is 4.36 Å². The van der Waals surface area contributed by atoms with Gasteiger partial charge in [0.25, 0.3) is 0 Å². The van der Waals surface area contributed by atoms with Crippen LogP contribution in [0.5, 0.6) is 0 Å². The van der Waals surface area contributed by atoms with Crippen LogP contribution in [-0.2, 0) is 16.1 Å². The van der Waals surface area contributed by atoms with Gasteiger partial charge in [-0.3, -0.25) is 0 Å². The number of thiazole rings is 1. The number of rotatable bonds is 4. The first-order chi connectivity index (χ1) is 13.1. The molecule has 0 saturated heterocycles. The Hall–Kier alpha value is -2.57. The minimum atomic E-state index is -2.48. The summed E-state index contributed by atoms with van der Waals surface area (Å²) in [5.41, 5.74) is 4.27. The van der Waals surface area contributed by atoms with Gasteiger partial charge in [0, 0.05) is 22.6 Å². The van der Waals surface area contributed by atoms with Crippen LogP contribution in [0.4, 0.5) is 5.82 Å². The molecule has 0 unspecified atom stereocenters. The van der Waals surface area contributed by atoms with Crippen LogP contribution >= 0.6 is 11.3 Å². The predicted octanol–water partition coefficient (Wildman–Crippen LogP) is 5.88. The molecule has 4 rings (SSSR count). The number of allylic oxidation sites excluding steroid dienone is 2. The first-order valence-corrected chi connectivity index (χ1v) is 11.2. The second kappa shape index (κ2) is 7.21. The van der Waals surface area contributed by atoms with Crippen LogP contribution < -0.4 is 0 Å². The SMILES string of the molecule is CCc1nc(-c2cccc(C)c2)c(-c2ccnc(N=S3(=O)C=CC=C3)c2)s1. The summed E-state index contributed by atoms with van der Waals surface area (Å²) < 4.78 is 16.9. The molecule has 6 heteroatoms. The molecule has 136 valence electrons. The summed E-state index contributed by atoms with van der Waals surface area (Å²) in [4.78, 5) is 10.2. The molecule has 0 fully saturated rings. The largest absolute Gasteiger partial charge is 0.241 e. The molecule has 0 aliphatic carbocycles. The molecule has 0 saturated carbocycles. The molecule has 0 bridgehead atoms. The maximum absolute atomic E-state index is 12.6. The molecule has 27 heavy (non-hydrogen) atoms. The second-order valence-electron chi connectivity index (χ2n) is 6.27. The average molecular weight is 394 g/mol. The van der Waals surface area contributed by atoms with Crippen molar-refractivity contribution in [1.29, 1.82) is 0 Å². The molecule has 2 aromatic heterocycles. The molecule has 3 heterocycles. The van der Waals surface area contributed by atoms with Crippen molar-refractivity contribution in [1.82, 2.24) is 9.97 Å².